The number of sulfone groups is 1. The second-order valence-electron chi connectivity index (χ2n) is 3.46. The Balaban J connectivity index is 2.17. The summed E-state index contributed by atoms with van der Waals surface area (Å²) >= 11 is 0. The highest BCUT2D eigenvalue weighted by atomic mass is 32.2. The maximum Gasteiger partial charge on any atom is 0.151 e. The van der Waals surface area contributed by atoms with Gasteiger partial charge < -0.3 is 9.73 Å². The Morgan fingerprint density at radius 1 is 1.40 bits per heavy atom. The van der Waals surface area contributed by atoms with Crippen molar-refractivity contribution >= 4 is 9.84 Å². The zero-order valence-corrected chi connectivity index (χ0v) is 9.72. The van der Waals surface area contributed by atoms with Crippen LogP contribution in [0.5, 0.6) is 0 Å². The maximum atomic E-state index is 11.3. The highest BCUT2D eigenvalue weighted by Gasteiger charge is 2.07. The Morgan fingerprint density at radius 2 is 2.20 bits per heavy atom. The van der Waals surface area contributed by atoms with E-state index in [4.69, 9.17) is 4.42 Å². The van der Waals surface area contributed by atoms with E-state index in [2.05, 4.69) is 5.32 Å². The third kappa shape index (κ3) is 4.99. The van der Waals surface area contributed by atoms with Gasteiger partial charge in [0.15, 0.2) is 9.84 Å². The van der Waals surface area contributed by atoms with Crippen molar-refractivity contribution in [1.82, 2.24) is 5.32 Å². The summed E-state index contributed by atoms with van der Waals surface area (Å²) in [7, 11) is -2.86. The van der Waals surface area contributed by atoms with Gasteiger partial charge in [-0.15, -0.1) is 0 Å². The van der Waals surface area contributed by atoms with E-state index in [1.54, 1.807) is 12.5 Å². The third-order valence-corrected chi connectivity index (χ3v) is 3.87. The molecule has 86 valence electrons. The Kier molecular flexibility index (Phi) is 4.84. The van der Waals surface area contributed by atoms with Crippen LogP contribution in [-0.2, 0) is 16.4 Å². The lowest BCUT2D eigenvalue weighted by Gasteiger charge is -2.03. The summed E-state index contributed by atoms with van der Waals surface area (Å²) in [5.41, 5.74) is 1.03. The van der Waals surface area contributed by atoms with Crippen molar-refractivity contribution in [3.8, 4) is 0 Å². The van der Waals surface area contributed by atoms with Gasteiger partial charge in [0.1, 0.15) is 0 Å². The molecule has 0 spiro atoms. The Labute approximate surface area is 90.6 Å². The Morgan fingerprint density at radius 3 is 2.80 bits per heavy atom. The molecule has 4 nitrogen and oxygen atoms in total. The fourth-order valence-electron chi connectivity index (χ4n) is 1.27. The third-order valence-electron chi connectivity index (χ3n) is 2.01. The van der Waals surface area contributed by atoms with Crippen molar-refractivity contribution in [2.75, 3.05) is 18.1 Å². The molecule has 0 saturated heterocycles. The van der Waals surface area contributed by atoms with E-state index in [0.717, 1.165) is 5.56 Å². The van der Waals surface area contributed by atoms with Crippen molar-refractivity contribution in [3.63, 3.8) is 0 Å². The lowest BCUT2D eigenvalue weighted by Crippen LogP contribution is -2.23. The molecule has 0 atom stereocenters. The zero-order valence-electron chi connectivity index (χ0n) is 8.90. The number of hydrogen-bond donors (Lipinski definition) is 1. The predicted octanol–water partition coefficient (Wildman–Crippen LogP) is 1.19. The van der Waals surface area contributed by atoms with Crippen LogP contribution in [0.4, 0.5) is 0 Å². The van der Waals surface area contributed by atoms with Crippen LogP contribution >= 0.6 is 0 Å². The molecule has 0 aliphatic rings. The summed E-state index contributed by atoms with van der Waals surface area (Å²) in [5.74, 6) is 0.485. The van der Waals surface area contributed by atoms with Crippen LogP contribution in [0.1, 0.15) is 18.9 Å². The van der Waals surface area contributed by atoms with Crippen LogP contribution in [0.15, 0.2) is 23.0 Å². The molecule has 1 rings (SSSR count). The van der Waals surface area contributed by atoms with Crippen LogP contribution in [-0.4, -0.2) is 26.5 Å². The van der Waals surface area contributed by atoms with Crippen molar-refractivity contribution in [3.05, 3.63) is 24.2 Å². The smallest absolute Gasteiger partial charge is 0.151 e. The topological polar surface area (TPSA) is 59.3 Å². The summed E-state index contributed by atoms with van der Waals surface area (Å²) in [6.45, 7) is 3.02. The quantitative estimate of drug-likeness (QED) is 0.716. The molecule has 0 aliphatic carbocycles. The molecule has 0 amide bonds. The molecule has 0 unspecified atom stereocenters. The molecule has 0 saturated carbocycles. The monoisotopic (exact) mass is 231 g/mol. The average molecular weight is 231 g/mol. The van der Waals surface area contributed by atoms with Gasteiger partial charge in [-0.2, -0.15) is 0 Å². The van der Waals surface area contributed by atoms with Gasteiger partial charge >= 0.3 is 0 Å². The van der Waals surface area contributed by atoms with E-state index in [9.17, 15) is 8.42 Å². The van der Waals surface area contributed by atoms with Gasteiger partial charge in [0.2, 0.25) is 0 Å². The minimum Gasteiger partial charge on any atom is -0.472 e. The molecule has 0 aliphatic heterocycles. The summed E-state index contributed by atoms with van der Waals surface area (Å²) in [6.07, 6.45) is 3.93. The fraction of sp³-hybridized carbons (Fsp3) is 0.600. The van der Waals surface area contributed by atoms with E-state index in [1.165, 1.54) is 0 Å². The van der Waals surface area contributed by atoms with E-state index in [-0.39, 0.29) is 11.5 Å². The molecule has 0 radical (unpaired) electrons. The zero-order chi connectivity index (χ0) is 11.1. The first kappa shape index (κ1) is 12.3. The molecule has 15 heavy (non-hydrogen) atoms. The standard InChI is InChI=1S/C10H17NO3S/c1-2-6-15(12,13)7-4-11-8-10-3-5-14-9-10/h3,5,9,11H,2,4,6-8H2,1H3. The van der Waals surface area contributed by atoms with Gasteiger partial charge in [-0.05, 0) is 12.5 Å². The molecule has 1 N–H and O–H groups in total. The first-order chi connectivity index (χ1) is 7.14. The largest absolute Gasteiger partial charge is 0.472 e. The van der Waals surface area contributed by atoms with Crippen LogP contribution in [0, 0.1) is 0 Å². The second kappa shape index (κ2) is 5.92. The van der Waals surface area contributed by atoms with Crippen LogP contribution < -0.4 is 5.32 Å². The molecular formula is C10H17NO3S. The Bertz CT molecular complexity index is 356. The van der Waals surface area contributed by atoms with Crippen molar-refractivity contribution in [2.45, 2.75) is 19.9 Å². The summed E-state index contributed by atoms with van der Waals surface area (Å²) in [4.78, 5) is 0. The average Bonchev–Trinajstić information content (AvgIpc) is 2.65. The van der Waals surface area contributed by atoms with E-state index in [0.29, 0.717) is 19.5 Å². The van der Waals surface area contributed by atoms with Gasteiger partial charge in [-0.25, -0.2) is 8.42 Å². The van der Waals surface area contributed by atoms with Gasteiger partial charge in [0, 0.05) is 24.4 Å². The maximum absolute atomic E-state index is 11.3. The van der Waals surface area contributed by atoms with Gasteiger partial charge in [-0.1, -0.05) is 6.92 Å². The SMILES string of the molecule is CCCS(=O)(=O)CCNCc1ccoc1. The van der Waals surface area contributed by atoms with Gasteiger partial charge in [-0.3, -0.25) is 0 Å². The number of hydrogen-bond acceptors (Lipinski definition) is 4. The van der Waals surface area contributed by atoms with E-state index >= 15 is 0 Å². The van der Waals surface area contributed by atoms with Gasteiger partial charge in [0.05, 0.1) is 18.3 Å². The highest BCUT2D eigenvalue weighted by Crippen LogP contribution is 1.98. The molecule has 0 aromatic carbocycles. The molecule has 1 aromatic heterocycles. The highest BCUT2D eigenvalue weighted by molar-refractivity contribution is 7.91. The summed E-state index contributed by atoms with van der Waals surface area (Å²) in [6, 6.07) is 1.85. The predicted molar refractivity (Wildman–Crippen MR) is 59.4 cm³/mol. The summed E-state index contributed by atoms with van der Waals surface area (Å²) in [5, 5.41) is 3.06. The molecule has 0 bridgehead atoms. The first-order valence-electron chi connectivity index (χ1n) is 5.06. The van der Waals surface area contributed by atoms with Gasteiger partial charge in [0.25, 0.3) is 0 Å². The molecule has 0 fully saturated rings. The second-order valence-corrected chi connectivity index (χ2v) is 5.76. The fourth-order valence-corrected chi connectivity index (χ4v) is 2.55. The first-order valence-corrected chi connectivity index (χ1v) is 6.88. The number of nitrogens with one attached hydrogen (secondary N) is 1. The van der Waals surface area contributed by atoms with E-state index < -0.39 is 9.84 Å². The Hall–Kier alpha value is -0.810. The minimum absolute atomic E-state index is 0.207. The lowest BCUT2D eigenvalue weighted by atomic mass is 10.3. The van der Waals surface area contributed by atoms with Crippen molar-refractivity contribution in [1.29, 1.82) is 0 Å². The van der Waals surface area contributed by atoms with Crippen molar-refractivity contribution < 1.29 is 12.8 Å². The molecule has 1 heterocycles. The molecule has 5 heteroatoms. The van der Waals surface area contributed by atoms with Crippen molar-refractivity contribution in [2.24, 2.45) is 0 Å². The van der Waals surface area contributed by atoms with Crippen LogP contribution in [0.2, 0.25) is 0 Å². The summed E-state index contributed by atoms with van der Waals surface area (Å²) < 4.78 is 27.6. The normalized spacial score (nSPS) is 11.8. The number of rotatable bonds is 7. The van der Waals surface area contributed by atoms with E-state index in [1.807, 2.05) is 13.0 Å². The van der Waals surface area contributed by atoms with Crippen LogP contribution in [0.3, 0.4) is 0 Å². The van der Waals surface area contributed by atoms with Crippen LogP contribution in [0.25, 0.3) is 0 Å². The lowest BCUT2D eigenvalue weighted by molar-refractivity contribution is 0.560. The molecular weight excluding hydrogens is 214 g/mol. The minimum atomic E-state index is -2.86. The number of furan rings is 1. The molecule has 1 aromatic rings.